The van der Waals surface area contributed by atoms with Crippen LogP contribution in [0.5, 0.6) is 11.5 Å². The number of aliphatic imine (C=N–C) groups is 1. The number of ether oxygens (including phenoxy) is 2. The number of pyridine rings is 1. The maximum Gasteiger partial charge on any atom is 0.139 e. The van der Waals surface area contributed by atoms with Crippen molar-refractivity contribution >= 4 is 50.8 Å². The molecule has 1 aliphatic rings. The van der Waals surface area contributed by atoms with Crippen molar-refractivity contribution < 1.29 is 14.6 Å². The molecule has 0 saturated carbocycles. The number of fused-ring (bicyclic) bond motifs is 3. The van der Waals surface area contributed by atoms with Gasteiger partial charge < -0.3 is 24.9 Å². The molecule has 1 unspecified atom stereocenters. The van der Waals surface area contributed by atoms with E-state index in [1.165, 1.54) is 0 Å². The molecule has 3 N–H and O–H groups in total. The third kappa shape index (κ3) is 4.57. The first-order valence-electron chi connectivity index (χ1n) is 11.6. The van der Waals surface area contributed by atoms with Crippen LogP contribution < -0.4 is 10.1 Å². The first kappa shape index (κ1) is 24.6. The van der Waals surface area contributed by atoms with Crippen molar-refractivity contribution in [2.75, 3.05) is 24.8 Å². The topological polar surface area (TPSA) is 91.8 Å². The van der Waals surface area contributed by atoms with Crippen LogP contribution in [0.3, 0.4) is 0 Å². The van der Waals surface area contributed by atoms with Crippen LogP contribution in [0.2, 0.25) is 5.02 Å². The van der Waals surface area contributed by atoms with Crippen molar-refractivity contribution in [2.45, 2.75) is 25.5 Å². The quantitative estimate of drug-likeness (QED) is 0.250. The molecule has 0 fully saturated rings. The highest BCUT2D eigenvalue weighted by atomic mass is 35.5. The number of para-hydroxylation sites is 1. The van der Waals surface area contributed by atoms with Gasteiger partial charge in [-0.05, 0) is 36.9 Å². The van der Waals surface area contributed by atoms with E-state index in [-0.39, 0.29) is 0 Å². The number of benzene rings is 2. The number of aliphatic hydroxyl groups excluding tert-OH is 1. The van der Waals surface area contributed by atoms with Gasteiger partial charge in [0.15, 0.2) is 0 Å². The molecule has 0 bridgehead atoms. The lowest BCUT2D eigenvalue weighted by Crippen LogP contribution is -2.47. The predicted octanol–water partition coefficient (Wildman–Crippen LogP) is 6.70. The standard InChI is InChI=1S/C27H27ClN4O3S/c1-4-36-26-27(2,15-34-3)32-23-21(31-26)14-30-25-22(23)19(13-29-25)24(33)18-11-10-17(12-20(18)28)35-16-8-6-5-7-9-16/h5-14,24,32-33H,4,15H2,1-3H3,(H,29,30)/t24?,27-/m0/s1. The van der Waals surface area contributed by atoms with Crippen LogP contribution in [0.1, 0.15) is 31.1 Å². The summed E-state index contributed by atoms with van der Waals surface area (Å²) in [5.41, 5.74) is 2.88. The first-order valence-corrected chi connectivity index (χ1v) is 13.0. The fraction of sp³-hybridized carbons (Fsp3) is 0.259. The van der Waals surface area contributed by atoms with Gasteiger partial charge in [-0.15, -0.1) is 11.8 Å². The van der Waals surface area contributed by atoms with Crippen molar-refractivity contribution in [3.05, 3.63) is 77.1 Å². The SMILES string of the molecule is CCSC1=Nc2cnc3[nH]cc(C(O)c4ccc(Oc5ccccc5)cc4Cl)c3c2N[C@@]1(C)COC. The van der Waals surface area contributed by atoms with E-state index in [9.17, 15) is 5.11 Å². The molecule has 3 heterocycles. The Morgan fingerprint density at radius 1 is 1.14 bits per heavy atom. The van der Waals surface area contributed by atoms with Crippen LogP contribution in [0.15, 0.2) is 65.9 Å². The maximum atomic E-state index is 11.4. The molecule has 9 heteroatoms. The van der Waals surface area contributed by atoms with E-state index in [4.69, 9.17) is 26.1 Å². The number of thioether (sulfide) groups is 1. The Bertz CT molecular complexity index is 1430. The van der Waals surface area contributed by atoms with E-state index >= 15 is 0 Å². The number of hydrogen-bond acceptors (Lipinski definition) is 7. The minimum absolute atomic E-state index is 0.403. The zero-order chi connectivity index (χ0) is 25.3. The molecular formula is C27H27ClN4O3S. The van der Waals surface area contributed by atoms with Crippen molar-refractivity contribution in [2.24, 2.45) is 4.99 Å². The minimum atomic E-state index is -0.990. The molecule has 7 nitrogen and oxygen atoms in total. The van der Waals surface area contributed by atoms with E-state index in [0.717, 1.165) is 27.6 Å². The molecule has 0 saturated heterocycles. The van der Waals surface area contributed by atoms with Gasteiger partial charge in [-0.1, -0.05) is 42.8 Å². The number of aromatic nitrogens is 2. The number of methoxy groups -OCH3 is 1. The molecule has 186 valence electrons. The molecule has 1 aliphatic heterocycles. The van der Waals surface area contributed by atoms with E-state index in [0.29, 0.717) is 39.9 Å². The summed E-state index contributed by atoms with van der Waals surface area (Å²) in [6, 6.07) is 14.8. The smallest absolute Gasteiger partial charge is 0.139 e. The van der Waals surface area contributed by atoms with Crippen LogP contribution in [0, 0.1) is 0 Å². The molecule has 0 radical (unpaired) electrons. The zero-order valence-corrected chi connectivity index (χ0v) is 21.8. The number of aliphatic hydroxyl groups is 1. The number of anilines is 1. The van der Waals surface area contributed by atoms with Crippen molar-refractivity contribution in [3.8, 4) is 11.5 Å². The highest BCUT2D eigenvalue weighted by molar-refractivity contribution is 8.14. The molecular weight excluding hydrogens is 496 g/mol. The fourth-order valence-electron chi connectivity index (χ4n) is 4.40. The summed E-state index contributed by atoms with van der Waals surface area (Å²) in [7, 11) is 1.68. The predicted molar refractivity (Wildman–Crippen MR) is 147 cm³/mol. The minimum Gasteiger partial charge on any atom is -0.457 e. The second-order valence-electron chi connectivity index (χ2n) is 8.73. The Morgan fingerprint density at radius 2 is 1.94 bits per heavy atom. The Balaban J connectivity index is 1.53. The summed E-state index contributed by atoms with van der Waals surface area (Å²) < 4.78 is 11.4. The lowest BCUT2D eigenvalue weighted by atomic mass is 9.97. The van der Waals surface area contributed by atoms with Crippen LogP contribution in [0.25, 0.3) is 11.0 Å². The van der Waals surface area contributed by atoms with E-state index in [1.807, 2.05) is 30.3 Å². The number of nitrogens with zero attached hydrogens (tertiary/aromatic N) is 2. The Labute approximate surface area is 218 Å². The third-order valence-electron chi connectivity index (χ3n) is 6.06. The Hall–Kier alpha value is -3.04. The van der Waals surface area contributed by atoms with Gasteiger partial charge in [0.1, 0.15) is 39.5 Å². The van der Waals surface area contributed by atoms with Crippen LogP contribution in [0.4, 0.5) is 11.4 Å². The Morgan fingerprint density at radius 3 is 2.67 bits per heavy atom. The molecule has 2 aromatic heterocycles. The monoisotopic (exact) mass is 522 g/mol. The van der Waals surface area contributed by atoms with Crippen LogP contribution in [-0.2, 0) is 4.74 Å². The lowest BCUT2D eigenvalue weighted by molar-refractivity contribution is 0.175. The van der Waals surface area contributed by atoms with Gasteiger partial charge in [0, 0.05) is 24.4 Å². The van der Waals surface area contributed by atoms with E-state index < -0.39 is 11.6 Å². The number of aromatic amines is 1. The second kappa shape index (κ2) is 10.1. The van der Waals surface area contributed by atoms with Crippen molar-refractivity contribution in [1.82, 2.24) is 9.97 Å². The zero-order valence-electron chi connectivity index (χ0n) is 20.2. The van der Waals surface area contributed by atoms with Crippen molar-refractivity contribution in [1.29, 1.82) is 0 Å². The van der Waals surface area contributed by atoms with Gasteiger partial charge in [0.05, 0.1) is 28.9 Å². The molecule has 0 aliphatic carbocycles. The van der Waals surface area contributed by atoms with Gasteiger partial charge in [-0.25, -0.2) is 9.98 Å². The molecule has 0 spiro atoms. The van der Waals surface area contributed by atoms with E-state index in [2.05, 4.69) is 29.1 Å². The number of H-pyrrole nitrogens is 1. The van der Waals surface area contributed by atoms with Crippen LogP contribution >= 0.6 is 23.4 Å². The van der Waals surface area contributed by atoms with Gasteiger partial charge in [0.25, 0.3) is 0 Å². The second-order valence-corrected chi connectivity index (χ2v) is 10.4. The summed E-state index contributed by atoms with van der Waals surface area (Å²) in [4.78, 5) is 12.7. The van der Waals surface area contributed by atoms with Gasteiger partial charge in [0.2, 0.25) is 0 Å². The number of nitrogens with one attached hydrogen (secondary N) is 2. The number of rotatable bonds is 7. The van der Waals surface area contributed by atoms with Crippen LogP contribution in [-0.4, -0.2) is 45.1 Å². The molecule has 2 aromatic carbocycles. The normalized spacial score (nSPS) is 17.9. The number of halogens is 1. The number of hydrogen-bond donors (Lipinski definition) is 3. The maximum absolute atomic E-state index is 11.4. The summed E-state index contributed by atoms with van der Waals surface area (Å²) in [5.74, 6) is 2.19. The average Bonchev–Trinajstić information content (AvgIpc) is 3.30. The average molecular weight is 523 g/mol. The first-order chi connectivity index (χ1) is 17.4. The molecule has 5 rings (SSSR count). The molecule has 36 heavy (non-hydrogen) atoms. The molecule has 4 aromatic rings. The highest BCUT2D eigenvalue weighted by Gasteiger charge is 2.37. The summed E-state index contributed by atoms with van der Waals surface area (Å²) in [5, 5.41) is 17.2. The molecule has 2 atom stereocenters. The third-order valence-corrected chi connectivity index (χ3v) is 7.49. The summed E-state index contributed by atoms with van der Waals surface area (Å²) in [6.07, 6.45) is 2.52. The van der Waals surface area contributed by atoms with Crippen molar-refractivity contribution in [3.63, 3.8) is 0 Å². The summed E-state index contributed by atoms with van der Waals surface area (Å²) >= 11 is 8.29. The largest absolute Gasteiger partial charge is 0.457 e. The molecule has 0 amide bonds. The lowest BCUT2D eigenvalue weighted by Gasteiger charge is -2.36. The Kier molecular flexibility index (Phi) is 6.94. The van der Waals surface area contributed by atoms with Gasteiger partial charge >= 0.3 is 0 Å². The fourth-order valence-corrected chi connectivity index (χ4v) is 5.54. The van der Waals surface area contributed by atoms with Gasteiger partial charge in [-0.3, -0.25) is 0 Å². The van der Waals surface area contributed by atoms with Gasteiger partial charge in [-0.2, -0.15) is 0 Å². The van der Waals surface area contributed by atoms with E-state index in [1.54, 1.807) is 49.5 Å². The summed E-state index contributed by atoms with van der Waals surface area (Å²) in [6.45, 7) is 4.61. The highest BCUT2D eigenvalue weighted by Crippen LogP contribution is 2.44.